The summed E-state index contributed by atoms with van der Waals surface area (Å²) in [5, 5.41) is 3.76. The number of nitrogens with one attached hydrogen (secondary N) is 1. The van der Waals surface area contributed by atoms with E-state index in [1.165, 1.54) is 0 Å². The molecule has 0 unspecified atom stereocenters. The monoisotopic (exact) mass is 247 g/mol. The molecule has 1 heterocycles. The van der Waals surface area contributed by atoms with E-state index in [1.807, 2.05) is 37.4 Å². The molecule has 2 rings (SSSR count). The molecule has 0 bridgehead atoms. The highest BCUT2D eigenvalue weighted by atomic mass is 35.5. The molecule has 0 radical (unpaired) electrons. The van der Waals surface area contributed by atoms with Gasteiger partial charge in [0.25, 0.3) is 0 Å². The Bertz CT molecular complexity index is 486. The molecule has 0 saturated heterocycles. The molecule has 88 valence electrons. The molecule has 17 heavy (non-hydrogen) atoms. The summed E-state index contributed by atoms with van der Waals surface area (Å²) in [4.78, 5) is 8.94. The molecule has 1 aromatic carbocycles. The summed E-state index contributed by atoms with van der Waals surface area (Å²) < 4.78 is 0. The fraction of sp³-hybridized carbons (Fsp3) is 0.231. The van der Waals surface area contributed by atoms with E-state index < -0.39 is 0 Å². The molecule has 0 fully saturated rings. The predicted octanol–water partition coefficient (Wildman–Crippen LogP) is 3.40. The van der Waals surface area contributed by atoms with E-state index in [-0.39, 0.29) is 0 Å². The van der Waals surface area contributed by atoms with Gasteiger partial charge in [0.2, 0.25) is 0 Å². The summed E-state index contributed by atoms with van der Waals surface area (Å²) in [6.45, 7) is 2.08. The Balaban J connectivity index is 2.46. The number of halogens is 1. The number of benzene rings is 1. The highest BCUT2D eigenvalue weighted by molar-refractivity contribution is 6.30. The third kappa shape index (κ3) is 2.74. The number of rotatable bonds is 3. The van der Waals surface area contributed by atoms with Gasteiger partial charge in [-0.1, -0.05) is 18.5 Å². The van der Waals surface area contributed by atoms with Crippen LogP contribution in [0.3, 0.4) is 0 Å². The summed E-state index contributed by atoms with van der Waals surface area (Å²) >= 11 is 5.86. The minimum absolute atomic E-state index is 0.717. The van der Waals surface area contributed by atoms with Crippen LogP contribution in [0.15, 0.2) is 30.3 Å². The summed E-state index contributed by atoms with van der Waals surface area (Å²) in [5.74, 6) is 1.56. The van der Waals surface area contributed by atoms with Crippen molar-refractivity contribution in [3.63, 3.8) is 0 Å². The highest BCUT2D eigenvalue weighted by Gasteiger charge is 2.05. The van der Waals surface area contributed by atoms with Crippen molar-refractivity contribution < 1.29 is 0 Å². The van der Waals surface area contributed by atoms with Crippen LogP contribution in [0.4, 0.5) is 5.82 Å². The van der Waals surface area contributed by atoms with Gasteiger partial charge in [-0.05, 0) is 30.7 Å². The molecule has 1 N–H and O–H groups in total. The first kappa shape index (κ1) is 11.9. The molecule has 0 atom stereocenters. The number of nitrogens with zero attached hydrogens (tertiary/aromatic N) is 2. The zero-order valence-corrected chi connectivity index (χ0v) is 10.6. The Kier molecular flexibility index (Phi) is 3.59. The Labute approximate surface area is 106 Å². The first-order valence-electron chi connectivity index (χ1n) is 5.54. The average molecular weight is 248 g/mol. The highest BCUT2D eigenvalue weighted by Crippen LogP contribution is 2.20. The van der Waals surface area contributed by atoms with Crippen LogP contribution in [0.5, 0.6) is 0 Å². The SMILES string of the molecule is CCc1cc(NC)nc(-c2ccc(Cl)cc2)n1. The topological polar surface area (TPSA) is 37.8 Å². The second-order valence-corrected chi connectivity index (χ2v) is 4.12. The second-order valence-electron chi connectivity index (χ2n) is 3.68. The zero-order valence-electron chi connectivity index (χ0n) is 9.87. The lowest BCUT2D eigenvalue weighted by atomic mass is 10.2. The lowest BCUT2D eigenvalue weighted by Gasteiger charge is -2.06. The van der Waals surface area contributed by atoms with E-state index >= 15 is 0 Å². The van der Waals surface area contributed by atoms with E-state index in [0.29, 0.717) is 5.02 Å². The van der Waals surface area contributed by atoms with Crippen LogP contribution in [0, 0.1) is 0 Å². The van der Waals surface area contributed by atoms with Gasteiger partial charge in [0.05, 0.1) is 0 Å². The molecule has 0 aliphatic rings. The number of aryl methyl sites for hydroxylation is 1. The minimum atomic E-state index is 0.717. The van der Waals surface area contributed by atoms with Crippen molar-refractivity contribution in [1.82, 2.24) is 9.97 Å². The maximum absolute atomic E-state index is 5.86. The largest absolute Gasteiger partial charge is 0.373 e. The molecule has 4 heteroatoms. The Morgan fingerprint density at radius 3 is 2.47 bits per heavy atom. The van der Waals surface area contributed by atoms with Gasteiger partial charge in [0.1, 0.15) is 5.82 Å². The predicted molar refractivity (Wildman–Crippen MR) is 71.4 cm³/mol. The van der Waals surface area contributed by atoms with Crippen LogP contribution in [-0.4, -0.2) is 17.0 Å². The lowest BCUT2D eigenvalue weighted by molar-refractivity contribution is 1.01. The van der Waals surface area contributed by atoms with Crippen molar-refractivity contribution in [1.29, 1.82) is 0 Å². The van der Waals surface area contributed by atoms with Gasteiger partial charge in [-0.3, -0.25) is 0 Å². The van der Waals surface area contributed by atoms with Gasteiger partial charge >= 0.3 is 0 Å². The number of aromatic nitrogens is 2. The van der Waals surface area contributed by atoms with Crippen molar-refractivity contribution in [3.8, 4) is 11.4 Å². The van der Waals surface area contributed by atoms with Gasteiger partial charge in [0.15, 0.2) is 5.82 Å². The molecule has 0 aliphatic carbocycles. The van der Waals surface area contributed by atoms with Crippen molar-refractivity contribution in [2.45, 2.75) is 13.3 Å². The summed E-state index contributed by atoms with van der Waals surface area (Å²) in [6.07, 6.45) is 0.887. The summed E-state index contributed by atoms with van der Waals surface area (Å²) in [5.41, 5.74) is 2.00. The molecule has 0 aliphatic heterocycles. The van der Waals surface area contributed by atoms with Gasteiger partial charge in [-0.15, -0.1) is 0 Å². The smallest absolute Gasteiger partial charge is 0.161 e. The van der Waals surface area contributed by atoms with Crippen LogP contribution in [0.25, 0.3) is 11.4 Å². The van der Waals surface area contributed by atoms with Crippen molar-refractivity contribution in [2.75, 3.05) is 12.4 Å². The molecule has 0 spiro atoms. The van der Waals surface area contributed by atoms with E-state index in [9.17, 15) is 0 Å². The number of anilines is 1. The lowest BCUT2D eigenvalue weighted by Crippen LogP contribution is -2.00. The van der Waals surface area contributed by atoms with Crippen LogP contribution in [-0.2, 0) is 6.42 Å². The standard InChI is InChI=1S/C13H14ClN3/c1-3-11-8-12(15-2)17-13(16-11)9-4-6-10(14)7-5-9/h4-8H,3H2,1-2H3,(H,15,16,17). The maximum atomic E-state index is 5.86. The summed E-state index contributed by atoms with van der Waals surface area (Å²) in [7, 11) is 1.85. The zero-order chi connectivity index (χ0) is 12.3. The third-order valence-corrected chi connectivity index (χ3v) is 2.75. The summed E-state index contributed by atoms with van der Waals surface area (Å²) in [6, 6.07) is 9.50. The third-order valence-electron chi connectivity index (χ3n) is 2.50. The molecule has 0 amide bonds. The van der Waals surface area contributed by atoms with E-state index in [0.717, 1.165) is 29.3 Å². The molecule has 1 aromatic heterocycles. The van der Waals surface area contributed by atoms with E-state index in [2.05, 4.69) is 22.2 Å². The fourth-order valence-electron chi connectivity index (χ4n) is 1.53. The van der Waals surface area contributed by atoms with Gasteiger partial charge in [-0.2, -0.15) is 0 Å². The van der Waals surface area contributed by atoms with Crippen LogP contribution >= 0.6 is 11.6 Å². The Hall–Kier alpha value is -1.61. The maximum Gasteiger partial charge on any atom is 0.161 e. The van der Waals surface area contributed by atoms with Crippen molar-refractivity contribution in [3.05, 3.63) is 41.0 Å². The molecular formula is C13H14ClN3. The van der Waals surface area contributed by atoms with Crippen LogP contribution < -0.4 is 5.32 Å². The number of hydrogen-bond acceptors (Lipinski definition) is 3. The average Bonchev–Trinajstić information content (AvgIpc) is 2.39. The molecular weight excluding hydrogens is 234 g/mol. The van der Waals surface area contributed by atoms with Crippen LogP contribution in [0.1, 0.15) is 12.6 Å². The first-order valence-corrected chi connectivity index (χ1v) is 5.92. The Morgan fingerprint density at radius 2 is 1.88 bits per heavy atom. The minimum Gasteiger partial charge on any atom is -0.373 e. The van der Waals surface area contributed by atoms with Gasteiger partial charge in [0, 0.05) is 29.4 Å². The van der Waals surface area contributed by atoms with E-state index in [1.54, 1.807) is 0 Å². The normalized spacial score (nSPS) is 10.3. The van der Waals surface area contributed by atoms with Crippen molar-refractivity contribution >= 4 is 17.4 Å². The van der Waals surface area contributed by atoms with Crippen molar-refractivity contribution in [2.24, 2.45) is 0 Å². The quantitative estimate of drug-likeness (QED) is 0.903. The second kappa shape index (κ2) is 5.15. The molecule has 3 nitrogen and oxygen atoms in total. The van der Waals surface area contributed by atoms with Crippen LogP contribution in [0.2, 0.25) is 5.02 Å². The van der Waals surface area contributed by atoms with E-state index in [4.69, 9.17) is 11.6 Å². The van der Waals surface area contributed by atoms with Gasteiger partial charge < -0.3 is 5.32 Å². The van der Waals surface area contributed by atoms with Gasteiger partial charge in [-0.25, -0.2) is 9.97 Å². The number of hydrogen-bond donors (Lipinski definition) is 1. The fourth-order valence-corrected chi connectivity index (χ4v) is 1.66. The molecule has 0 saturated carbocycles. The molecule has 2 aromatic rings. The Morgan fingerprint density at radius 1 is 1.18 bits per heavy atom. The first-order chi connectivity index (χ1) is 8.22.